The number of ether oxygens (including phenoxy) is 2. The lowest BCUT2D eigenvalue weighted by Crippen LogP contribution is -2.36. The van der Waals surface area contributed by atoms with Crippen molar-refractivity contribution in [3.63, 3.8) is 0 Å². The Morgan fingerprint density at radius 2 is 1.82 bits per heavy atom. The summed E-state index contributed by atoms with van der Waals surface area (Å²) in [5.74, 6) is 1.55. The van der Waals surface area contributed by atoms with Gasteiger partial charge in [-0.2, -0.15) is 4.31 Å². The zero-order valence-corrected chi connectivity index (χ0v) is 16.6. The summed E-state index contributed by atoms with van der Waals surface area (Å²) in [6, 6.07) is 13.0. The minimum Gasteiger partial charge on any atom is -0.454 e. The van der Waals surface area contributed by atoms with Gasteiger partial charge in [0, 0.05) is 18.5 Å². The van der Waals surface area contributed by atoms with Crippen LogP contribution in [-0.4, -0.2) is 32.1 Å². The van der Waals surface area contributed by atoms with Crippen molar-refractivity contribution < 1.29 is 17.9 Å². The maximum Gasteiger partial charge on any atom is 0.243 e. The van der Waals surface area contributed by atoms with Crippen LogP contribution in [0.4, 0.5) is 0 Å². The summed E-state index contributed by atoms with van der Waals surface area (Å²) in [5.41, 5.74) is 3.36. The van der Waals surface area contributed by atoms with Gasteiger partial charge in [0.15, 0.2) is 11.5 Å². The number of benzene rings is 2. The second kappa shape index (κ2) is 6.64. The Balaban J connectivity index is 1.53. The molecule has 2 aliphatic heterocycles. The van der Waals surface area contributed by atoms with E-state index in [-0.39, 0.29) is 18.8 Å². The summed E-state index contributed by atoms with van der Waals surface area (Å²) in [4.78, 5) is 0.370. The van der Waals surface area contributed by atoms with Crippen molar-refractivity contribution in [2.24, 2.45) is 0 Å². The van der Waals surface area contributed by atoms with Crippen LogP contribution in [0.15, 0.2) is 59.0 Å². The van der Waals surface area contributed by atoms with Gasteiger partial charge < -0.3 is 9.47 Å². The third-order valence-corrected chi connectivity index (χ3v) is 7.87. The van der Waals surface area contributed by atoms with E-state index in [2.05, 4.69) is 6.08 Å². The molecule has 5 nitrogen and oxygen atoms in total. The second-order valence-electron chi connectivity index (χ2n) is 7.70. The van der Waals surface area contributed by atoms with Crippen LogP contribution in [0.25, 0.3) is 0 Å². The molecule has 2 aromatic carbocycles. The highest BCUT2D eigenvalue weighted by Gasteiger charge is 2.44. The normalized spacial score (nSPS) is 24.1. The van der Waals surface area contributed by atoms with Gasteiger partial charge >= 0.3 is 0 Å². The van der Waals surface area contributed by atoms with Gasteiger partial charge in [-0.05, 0) is 61.6 Å². The maximum absolute atomic E-state index is 13.4. The number of allylic oxidation sites excluding steroid dienone is 1. The van der Waals surface area contributed by atoms with Crippen molar-refractivity contribution in [1.82, 2.24) is 4.31 Å². The standard InChI is InChI=1S/C22H23NO4S/c1-15-6-9-17(10-7-15)28(24,25)23-13-19(18-4-2-3-5-20(18)23)16-8-11-21-22(12-16)27-14-26-21/h4,6-12,19-20H,2-3,5,13-14H2,1H3/t19-,20+/m0/s1. The number of fused-ring (bicyclic) bond motifs is 2. The quantitative estimate of drug-likeness (QED) is 0.735. The van der Waals surface area contributed by atoms with E-state index in [0.717, 1.165) is 41.9 Å². The molecule has 0 bridgehead atoms. The van der Waals surface area contributed by atoms with Crippen LogP contribution in [0.1, 0.15) is 36.3 Å². The van der Waals surface area contributed by atoms with E-state index in [1.54, 1.807) is 16.4 Å². The summed E-state index contributed by atoms with van der Waals surface area (Å²) >= 11 is 0. The first kappa shape index (κ1) is 17.8. The Morgan fingerprint density at radius 3 is 2.64 bits per heavy atom. The number of nitrogens with zero attached hydrogens (tertiary/aromatic N) is 1. The molecule has 2 aromatic rings. The molecule has 0 amide bonds. The van der Waals surface area contributed by atoms with Crippen molar-refractivity contribution in [3.8, 4) is 11.5 Å². The molecule has 2 heterocycles. The molecule has 1 fully saturated rings. The fourth-order valence-electron chi connectivity index (χ4n) is 4.52. The molecule has 3 aliphatic rings. The Labute approximate surface area is 165 Å². The Morgan fingerprint density at radius 1 is 1.04 bits per heavy atom. The molecule has 1 aliphatic carbocycles. The Hall–Kier alpha value is -2.31. The summed E-state index contributed by atoms with van der Waals surface area (Å²) in [7, 11) is -3.54. The fraction of sp³-hybridized carbons (Fsp3) is 0.364. The molecule has 5 rings (SSSR count). The topological polar surface area (TPSA) is 55.8 Å². The van der Waals surface area contributed by atoms with E-state index in [1.165, 1.54) is 5.57 Å². The van der Waals surface area contributed by atoms with Crippen molar-refractivity contribution >= 4 is 10.0 Å². The van der Waals surface area contributed by atoms with Gasteiger partial charge in [0.05, 0.1) is 4.90 Å². The lowest BCUT2D eigenvalue weighted by atomic mass is 9.85. The average Bonchev–Trinajstić information content (AvgIpc) is 3.32. The molecule has 0 spiro atoms. The Kier molecular flexibility index (Phi) is 4.21. The molecule has 28 heavy (non-hydrogen) atoms. The summed E-state index contributed by atoms with van der Waals surface area (Å²) < 4.78 is 39.5. The molecule has 0 radical (unpaired) electrons. The highest BCUT2D eigenvalue weighted by atomic mass is 32.2. The summed E-state index contributed by atoms with van der Waals surface area (Å²) in [5, 5.41) is 0. The van der Waals surface area contributed by atoms with Crippen molar-refractivity contribution in [3.05, 3.63) is 65.2 Å². The molecule has 0 N–H and O–H groups in total. The first-order valence-electron chi connectivity index (χ1n) is 9.72. The highest BCUT2D eigenvalue weighted by Crippen LogP contribution is 2.45. The van der Waals surface area contributed by atoms with Gasteiger partial charge in [0.25, 0.3) is 0 Å². The van der Waals surface area contributed by atoms with E-state index in [4.69, 9.17) is 9.47 Å². The average molecular weight is 397 g/mol. The van der Waals surface area contributed by atoms with E-state index >= 15 is 0 Å². The molecular weight excluding hydrogens is 374 g/mol. The molecular formula is C22H23NO4S. The molecule has 0 aromatic heterocycles. The number of rotatable bonds is 3. The first-order chi connectivity index (χ1) is 13.5. The lowest BCUT2D eigenvalue weighted by molar-refractivity contribution is 0.174. The van der Waals surface area contributed by atoms with Crippen LogP contribution >= 0.6 is 0 Å². The monoisotopic (exact) mass is 397 g/mol. The van der Waals surface area contributed by atoms with Crippen LogP contribution in [0.3, 0.4) is 0 Å². The zero-order valence-electron chi connectivity index (χ0n) is 15.8. The van der Waals surface area contributed by atoms with Gasteiger partial charge in [-0.1, -0.05) is 29.8 Å². The van der Waals surface area contributed by atoms with Gasteiger partial charge in [-0.3, -0.25) is 0 Å². The second-order valence-corrected chi connectivity index (χ2v) is 9.59. The third-order valence-electron chi connectivity index (χ3n) is 5.99. The van der Waals surface area contributed by atoms with Gasteiger partial charge in [-0.25, -0.2) is 8.42 Å². The minimum absolute atomic E-state index is 0.0556. The zero-order chi connectivity index (χ0) is 19.3. The van der Waals surface area contributed by atoms with Crippen molar-refractivity contribution in [1.29, 1.82) is 0 Å². The maximum atomic E-state index is 13.4. The van der Waals surface area contributed by atoms with Gasteiger partial charge in [0.2, 0.25) is 16.8 Å². The van der Waals surface area contributed by atoms with Crippen molar-refractivity contribution in [2.75, 3.05) is 13.3 Å². The largest absolute Gasteiger partial charge is 0.454 e. The number of hydrogen-bond donors (Lipinski definition) is 0. The number of sulfonamides is 1. The summed E-state index contributed by atoms with van der Waals surface area (Å²) in [6.07, 6.45) is 5.14. The first-order valence-corrected chi connectivity index (χ1v) is 11.2. The molecule has 0 saturated carbocycles. The smallest absolute Gasteiger partial charge is 0.243 e. The lowest BCUT2D eigenvalue weighted by Gasteiger charge is -2.26. The molecule has 1 saturated heterocycles. The van der Waals surface area contributed by atoms with E-state index in [1.807, 2.05) is 37.3 Å². The predicted molar refractivity (Wildman–Crippen MR) is 106 cm³/mol. The minimum atomic E-state index is -3.54. The van der Waals surface area contributed by atoms with Gasteiger partial charge in [-0.15, -0.1) is 0 Å². The third kappa shape index (κ3) is 2.83. The van der Waals surface area contributed by atoms with Crippen LogP contribution in [0.5, 0.6) is 11.5 Å². The molecule has 2 atom stereocenters. The number of hydrogen-bond acceptors (Lipinski definition) is 4. The SMILES string of the molecule is Cc1ccc(S(=O)(=O)N2C[C@@H](c3ccc4c(c3)OCO4)C3=CCCC[C@H]32)cc1. The molecule has 146 valence electrons. The highest BCUT2D eigenvalue weighted by molar-refractivity contribution is 7.89. The Bertz CT molecular complexity index is 1040. The van der Waals surface area contributed by atoms with E-state index < -0.39 is 10.0 Å². The van der Waals surface area contributed by atoms with Crippen LogP contribution in [0, 0.1) is 6.92 Å². The van der Waals surface area contributed by atoms with E-state index in [9.17, 15) is 8.42 Å². The van der Waals surface area contributed by atoms with Crippen LogP contribution in [0.2, 0.25) is 0 Å². The fourth-order valence-corrected chi connectivity index (χ4v) is 6.18. The van der Waals surface area contributed by atoms with Gasteiger partial charge in [0.1, 0.15) is 0 Å². The predicted octanol–water partition coefficient (Wildman–Crippen LogP) is 3.99. The van der Waals surface area contributed by atoms with E-state index in [0.29, 0.717) is 11.4 Å². The molecule has 6 heteroatoms. The van der Waals surface area contributed by atoms with Crippen LogP contribution in [-0.2, 0) is 10.0 Å². The van der Waals surface area contributed by atoms with Crippen molar-refractivity contribution in [2.45, 2.75) is 43.0 Å². The number of aryl methyl sites for hydroxylation is 1. The molecule has 0 unspecified atom stereocenters. The van der Waals surface area contributed by atoms with Crippen LogP contribution < -0.4 is 9.47 Å². The summed E-state index contributed by atoms with van der Waals surface area (Å²) in [6.45, 7) is 2.67.